The summed E-state index contributed by atoms with van der Waals surface area (Å²) < 4.78 is 80.2. The Labute approximate surface area is 242 Å². The third kappa shape index (κ3) is 8.89. The van der Waals surface area contributed by atoms with Crippen LogP contribution in [0, 0.1) is 6.92 Å². The molecule has 0 spiro atoms. The maximum atomic E-state index is 13.5. The van der Waals surface area contributed by atoms with E-state index in [1.54, 1.807) is 11.8 Å². The molecule has 2 heterocycles. The highest BCUT2D eigenvalue weighted by atomic mass is 32.2. The van der Waals surface area contributed by atoms with E-state index < -0.39 is 23.5 Å². The lowest BCUT2D eigenvalue weighted by Crippen LogP contribution is -2.30. The van der Waals surface area contributed by atoms with Crippen LogP contribution in [0.1, 0.15) is 57.0 Å². The van der Waals surface area contributed by atoms with Crippen LogP contribution in [0.3, 0.4) is 0 Å². The fraction of sp³-hybridized carbons (Fsp3) is 0.400. The fourth-order valence-corrected chi connectivity index (χ4v) is 5.05. The molecule has 0 fully saturated rings. The highest BCUT2D eigenvalue weighted by Crippen LogP contribution is 2.36. The molecule has 0 unspecified atom stereocenters. The van der Waals surface area contributed by atoms with Crippen LogP contribution in [0.5, 0.6) is 0 Å². The molecule has 0 saturated carbocycles. The first kappa shape index (κ1) is 34.0. The number of allylic oxidation sites excluding steroid dienone is 5. The summed E-state index contributed by atoms with van der Waals surface area (Å²) in [5.41, 5.74) is 0.525. The number of benzene rings is 1. The molecule has 1 N–H and O–H groups in total. The number of nitrogens with zero attached hydrogens (tertiary/aromatic N) is 3. The number of anilines is 2. The highest BCUT2D eigenvalue weighted by Gasteiger charge is 2.37. The van der Waals surface area contributed by atoms with Gasteiger partial charge in [-0.2, -0.15) is 26.3 Å². The Morgan fingerprint density at radius 3 is 2.20 bits per heavy atom. The number of rotatable bonds is 7. The van der Waals surface area contributed by atoms with Crippen molar-refractivity contribution >= 4 is 23.3 Å². The van der Waals surface area contributed by atoms with E-state index in [-0.39, 0.29) is 18.8 Å². The second-order valence-corrected chi connectivity index (χ2v) is 9.90. The molecule has 0 aliphatic carbocycles. The second kappa shape index (κ2) is 14.6. The Bertz CT molecular complexity index is 1310. The van der Waals surface area contributed by atoms with Gasteiger partial charge >= 0.3 is 12.4 Å². The van der Waals surface area contributed by atoms with Gasteiger partial charge in [0.15, 0.2) is 5.16 Å². The van der Waals surface area contributed by atoms with E-state index in [2.05, 4.69) is 16.9 Å². The van der Waals surface area contributed by atoms with Gasteiger partial charge < -0.3 is 10.2 Å². The number of fused-ring (bicyclic) bond motifs is 1. The Balaban J connectivity index is 0.00000287. The van der Waals surface area contributed by atoms with Gasteiger partial charge in [-0.15, -0.1) is 0 Å². The Hall–Kier alpha value is -3.21. The van der Waals surface area contributed by atoms with Crippen molar-refractivity contribution in [3.05, 3.63) is 87.6 Å². The first-order valence-electron chi connectivity index (χ1n) is 13.3. The zero-order valence-corrected chi connectivity index (χ0v) is 24.9. The molecule has 4 nitrogen and oxygen atoms in total. The Morgan fingerprint density at radius 2 is 1.66 bits per heavy atom. The average Bonchev–Trinajstić information content (AvgIpc) is 3.12. The standard InChI is InChI=1S/C28H30F6N4S.C2H6/c1-6-9-20(7-2)39-26-36-24-13-15-38(18(5)22(8-3)28(32,33)34)14-12-21(24)25(37-26)35-23-11-10-19(16-17(23)4)27(29,30)31;1-2/h6-11,16H,5,12-15H2,1-4H3,(H,35,36,37);1-2H3/b9-6-,20-7+,22-8+;. The molecule has 3 rings (SSSR count). The number of hydrogen-bond acceptors (Lipinski definition) is 5. The molecule has 11 heteroatoms. The third-order valence-corrected chi connectivity index (χ3v) is 7.21. The van der Waals surface area contributed by atoms with E-state index in [0.717, 1.165) is 23.1 Å². The number of thioether (sulfide) groups is 1. The molecule has 0 atom stereocenters. The monoisotopic (exact) mass is 598 g/mol. The molecule has 1 aromatic carbocycles. The molecule has 2 aromatic rings. The van der Waals surface area contributed by atoms with Gasteiger partial charge in [-0.1, -0.05) is 56.5 Å². The summed E-state index contributed by atoms with van der Waals surface area (Å²) in [4.78, 5) is 11.9. The van der Waals surface area contributed by atoms with Crippen LogP contribution in [0.4, 0.5) is 37.8 Å². The highest BCUT2D eigenvalue weighted by molar-refractivity contribution is 8.03. The van der Waals surface area contributed by atoms with E-state index in [9.17, 15) is 26.3 Å². The van der Waals surface area contributed by atoms with Crippen LogP contribution >= 0.6 is 11.8 Å². The summed E-state index contributed by atoms with van der Waals surface area (Å²) >= 11 is 1.32. The van der Waals surface area contributed by atoms with Crippen molar-refractivity contribution in [3.63, 3.8) is 0 Å². The maximum absolute atomic E-state index is 13.5. The molecule has 1 aliphatic rings. The van der Waals surface area contributed by atoms with Gasteiger partial charge in [-0.05, 0) is 57.9 Å². The molecule has 0 radical (unpaired) electrons. The van der Waals surface area contributed by atoms with Gasteiger partial charge in [0.05, 0.1) is 16.8 Å². The van der Waals surface area contributed by atoms with Crippen molar-refractivity contribution < 1.29 is 26.3 Å². The van der Waals surface area contributed by atoms with Crippen molar-refractivity contribution in [2.75, 3.05) is 18.4 Å². The molecule has 41 heavy (non-hydrogen) atoms. The minimum absolute atomic E-state index is 0.113. The normalized spacial score (nSPS) is 14.8. The minimum atomic E-state index is -4.53. The third-order valence-electron chi connectivity index (χ3n) is 6.24. The summed E-state index contributed by atoms with van der Waals surface area (Å²) in [5, 5.41) is 3.59. The van der Waals surface area contributed by atoms with Crippen molar-refractivity contribution in [3.8, 4) is 0 Å². The lowest BCUT2D eigenvalue weighted by molar-refractivity contribution is -0.137. The molecule has 0 amide bonds. The van der Waals surface area contributed by atoms with Crippen LogP contribution in [-0.4, -0.2) is 34.1 Å². The van der Waals surface area contributed by atoms with Crippen LogP contribution in [0.25, 0.3) is 0 Å². The van der Waals surface area contributed by atoms with Crippen molar-refractivity contribution in [1.82, 2.24) is 14.9 Å². The van der Waals surface area contributed by atoms with Crippen LogP contribution in [0.2, 0.25) is 0 Å². The number of nitrogens with one attached hydrogen (secondary N) is 1. The quantitative estimate of drug-likeness (QED) is 0.149. The van der Waals surface area contributed by atoms with E-state index in [0.29, 0.717) is 46.3 Å². The average molecular weight is 599 g/mol. The van der Waals surface area contributed by atoms with Crippen molar-refractivity contribution in [1.29, 1.82) is 0 Å². The topological polar surface area (TPSA) is 41.1 Å². The molecular formula is C30H36F6N4S. The second-order valence-electron chi connectivity index (χ2n) is 8.86. The SMILES string of the molecule is C=C(/C(=C\C)C(F)(F)F)N1CCc2nc(SC(/C=C\C)=C/C)nc(Nc3ccc(C(F)(F)F)cc3C)c2CC1.CC. The minimum Gasteiger partial charge on any atom is -0.371 e. The summed E-state index contributed by atoms with van der Waals surface area (Å²) in [5.74, 6) is 0.413. The maximum Gasteiger partial charge on any atom is 0.418 e. The number of alkyl halides is 6. The molecular weight excluding hydrogens is 562 g/mol. The zero-order valence-electron chi connectivity index (χ0n) is 24.1. The van der Waals surface area contributed by atoms with Gasteiger partial charge in [-0.25, -0.2) is 9.97 Å². The molecule has 224 valence electrons. The van der Waals surface area contributed by atoms with Crippen LogP contribution < -0.4 is 5.32 Å². The van der Waals surface area contributed by atoms with Crippen LogP contribution in [0.15, 0.2) is 70.4 Å². The van der Waals surface area contributed by atoms with Gasteiger partial charge in [0.25, 0.3) is 0 Å². The van der Waals surface area contributed by atoms with E-state index in [4.69, 9.17) is 4.98 Å². The fourth-order valence-electron chi connectivity index (χ4n) is 4.23. The molecule has 1 aliphatic heterocycles. The summed E-state index contributed by atoms with van der Waals surface area (Å²) in [6.45, 7) is 14.9. The lowest BCUT2D eigenvalue weighted by atomic mass is 10.1. The predicted molar refractivity (Wildman–Crippen MR) is 155 cm³/mol. The number of aryl methyl sites for hydroxylation is 1. The predicted octanol–water partition coefficient (Wildman–Crippen LogP) is 9.57. The lowest BCUT2D eigenvalue weighted by Gasteiger charge is -2.27. The molecule has 0 saturated heterocycles. The first-order chi connectivity index (χ1) is 19.3. The van der Waals surface area contributed by atoms with Gasteiger partial charge in [0.2, 0.25) is 0 Å². The molecule has 1 aromatic heterocycles. The number of halogens is 6. The number of aromatic nitrogens is 2. The number of hydrogen-bond donors (Lipinski definition) is 1. The Kier molecular flexibility index (Phi) is 12.1. The first-order valence-corrected chi connectivity index (χ1v) is 14.1. The Morgan fingerprint density at radius 1 is 1.00 bits per heavy atom. The summed E-state index contributed by atoms with van der Waals surface area (Å²) in [6.07, 6.45) is -1.66. The van der Waals surface area contributed by atoms with E-state index in [1.165, 1.54) is 24.8 Å². The molecule has 0 bridgehead atoms. The van der Waals surface area contributed by atoms with Crippen molar-refractivity contribution in [2.24, 2.45) is 0 Å². The van der Waals surface area contributed by atoms with Gasteiger partial charge in [0, 0.05) is 41.4 Å². The van der Waals surface area contributed by atoms with Crippen molar-refractivity contribution in [2.45, 2.75) is 71.9 Å². The van der Waals surface area contributed by atoms with E-state index >= 15 is 0 Å². The largest absolute Gasteiger partial charge is 0.418 e. The summed E-state index contributed by atoms with van der Waals surface area (Å²) in [6, 6.07) is 3.41. The van der Waals surface area contributed by atoms with Gasteiger partial charge in [0.1, 0.15) is 5.82 Å². The van der Waals surface area contributed by atoms with E-state index in [1.807, 2.05) is 45.9 Å². The summed E-state index contributed by atoms with van der Waals surface area (Å²) in [7, 11) is 0. The smallest absolute Gasteiger partial charge is 0.371 e. The van der Waals surface area contributed by atoms with Crippen LogP contribution in [-0.2, 0) is 19.0 Å². The van der Waals surface area contributed by atoms with Gasteiger partial charge in [-0.3, -0.25) is 0 Å². The zero-order chi connectivity index (χ0) is 31.0.